The lowest BCUT2D eigenvalue weighted by Gasteiger charge is -2.15. The normalized spacial score (nSPS) is 11.5. The molecule has 0 atom stereocenters. The van der Waals surface area contributed by atoms with Crippen LogP contribution in [0.15, 0.2) is 54.7 Å². The minimum Gasteiger partial charge on any atom is -0.388 e. The Labute approximate surface area is 228 Å². The molecule has 2 heterocycles. The molecule has 0 fully saturated rings. The summed E-state index contributed by atoms with van der Waals surface area (Å²) < 4.78 is 15.4. The van der Waals surface area contributed by atoms with Gasteiger partial charge >= 0.3 is 0 Å². The summed E-state index contributed by atoms with van der Waals surface area (Å²) >= 11 is 6.27. The summed E-state index contributed by atoms with van der Waals surface area (Å²) in [5.41, 5.74) is 6.28. The van der Waals surface area contributed by atoms with Crippen LogP contribution in [0.2, 0.25) is 5.02 Å². The van der Waals surface area contributed by atoms with Gasteiger partial charge in [0.25, 0.3) is 0 Å². The monoisotopic (exact) mass is 533 g/mol. The van der Waals surface area contributed by atoms with E-state index in [1.165, 1.54) is 6.20 Å². The van der Waals surface area contributed by atoms with Gasteiger partial charge in [-0.15, -0.1) is 0 Å². The van der Waals surface area contributed by atoms with Crippen molar-refractivity contribution in [2.24, 2.45) is 0 Å². The number of aryl methyl sites for hydroxylation is 2. The molecule has 0 saturated heterocycles. The zero-order valence-corrected chi connectivity index (χ0v) is 22.9. The number of aromatic amines is 1. The van der Waals surface area contributed by atoms with E-state index in [-0.39, 0.29) is 5.95 Å². The third kappa shape index (κ3) is 6.50. The summed E-state index contributed by atoms with van der Waals surface area (Å²) in [6.45, 7) is 6.16. The maximum atomic E-state index is 15.4. The van der Waals surface area contributed by atoms with E-state index in [0.717, 1.165) is 59.3 Å². The van der Waals surface area contributed by atoms with Crippen LogP contribution in [0.25, 0.3) is 16.8 Å². The molecule has 0 aliphatic carbocycles. The zero-order chi connectivity index (χ0) is 27.1. The van der Waals surface area contributed by atoms with Gasteiger partial charge in [-0.3, -0.25) is 5.10 Å². The number of rotatable bonds is 11. The number of nitrogens with zero attached hydrogens (tertiary/aromatic N) is 3. The highest BCUT2D eigenvalue weighted by molar-refractivity contribution is 6.32. The van der Waals surface area contributed by atoms with Crippen molar-refractivity contribution in [3.05, 3.63) is 82.4 Å². The van der Waals surface area contributed by atoms with Gasteiger partial charge in [-0.2, -0.15) is 10.1 Å². The van der Waals surface area contributed by atoms with Gasteiger partial charge in [-0.1, -0.05) is 68.6 Å². The minimum absolute atomic E-state index is 0.223. The molecule has 0 saturated carbocycles. The third-order valence-corrected chi connectivity index (χ3v) is 6.35. The van der Waals surface area contributed by atoms with Crippen molar-refractivity contribution in [2.75, 3.05) is 17.7 Å². The molecular weight excluding hydrogens is 501 g/mol. The smallest absolute Gasteiger partial charge is 0.229 e. The third-order valence-electron chi connectivity index (χ3n) is 6.07. The summed E-state index contributed by atoms with van der Waals surface area (Å²) in [6.07, 6.45) is 7.49. The van der Waals surface area contributed by atoms with E-state index in [0.29, 0.717) is 22.3 Å². The molecular formula is C29H33ClFN7. The molecule has 2 aromatic carbocycles. The molecule has 0 unspecified atom stereocenters. The van der Waals surface area contributed by atoms with Crippen molar-refractivity contribution in [1.29, 1.82) is 0 Å². The van der Waals surface area contributed by atoms with Crippen LogP contribution >= 0.6 is 11.6 Å². The molecule has 0 amide bonds. The maximum absolute atomic E-state index is 15.4. The van der Waals surface area contributed by atoms with E-state index in [9.17, 15) is 0 Å². The molecule has 0 bridgehead atoms. The van der Waals surface area contributed by atoms with Crippen LogP contribution in [0.1, 0.15) is 49.9 Å². The maximum Gasteiger partial charge on any atom is 0.229 e. The number of nitrogens with one attached hydrogen (secondary N) is 4. The van der Waals surface area contributed by atoms with Crippen molar-refractivity contribution < 1.29 is 4.39 Å². The fraction of sp³-hybridized carbons (Fsp3) is 0.276. The van der Waals surface area contributed by atoms with E-state index in [1.54, 1.807) is 6.07 Å². The molecule has 0 radical (unpaired) electrons. The van der Waals surface area contributed by atoms with Crippen LogP contribution in [0.5, 0.6) is 0 Å². The average Bonchev–Trinajstić information content (AvgIpc) is 3.33. The number of hydrogen-bond acceptors (Lipinski definition) is 6. The summed E-state index contributed by atoms with van der Waals surface area (Å²) in [5.74, 6) is 0.777. The first-order valence-corrected chi connectivity index (χ1v) is 13.2. The summed E-state index contributed by atoms with van der Waals surface area (Å²) in [4.78, 5) is 8.66. The number of H-pyrrole nitrogens is 1. The first-order chi connectivity index (χ1) is 18.4. The van der Waals surface area contributed by atoms with Crippen LogP contribution in [-0.2, 0) is 6.42 Å². The molecule has 4 rings (SSSR count). The SMILES string of the molecule is CCC/C=C(/NC)c1ccc(-c2cc(F)c(Nc3ncc(Cl)c(Nc4cc(C)[nH]n4)n3)cc2CCC)cc1. The number of allylic oxidation sites excluding steroid dienone is 1. The van der Waals surface area contributed by atoms with E-state index in [2.05, 4.69) is 68.2 Å². The van der Waals surface area contributed by atoms with Crippen LogP contribution in [0, 0.1) is 12.7 Å². The van der Waals surface area contributed by atoms with Gasteiger partial charge < -0.3 is 16.0 Å². The molecule has 4 N–H and O–H groups in total. The fourth-order valence-electron chi connectivity index (χ4n) is 4.18. The summed E-state index contributed by atoms with van der Waals surface area (Å²) in [5, 5.41) is 16.7. The lowest BCUT2D eigenvalue weighted by atomic mass is 9.94. The average molecular weight is 534 g/mol. The van der Waals surface area contributed by atoms with Crippen LogP contribution in [0.4, 0.5) is 27.7 Å². The Morgan fingerprint density at radius 3 is 2.53 bits per heavy atom. The second-order valence-corrected chi connectivity index (χ2v) is 9.46. The molecule has 0 aliphatic rings. The number of hydrogen-bond donors (Lipinski definition) is 4. The largest absolute Gasteiger partial charge is 0.388 e. The van der Waals surface area contributed by atoms with Crippen LogP contribution in [0.3, 0.4) is 0 Å². The van der Waals surface area contributed by atoms with Gasteiger partial charge in [0.15, 0.2) is 11.6 Å². The number of halogens is 2. The zero-order valence-electron chi connectivity index (χ0n) is 22.1. The molecule has 4 aromatic rings. The van der Waals surface area contributed by atoms with Crippen LogP contribution < -0.4 is 16.0 Å². The van der Waals surface area contributed by atoms with Crippen molar-refractivity contribution in [1.82, 2.24) is 25.5 Å². The number of aromatic nitrogens is 4. The molecule has 38 heavy (non-hydrogen) atoms. The van der Waals surface area contributed by atoms with Gasteiger partial charge in [0, 0.05) is 24.5 Å². The molecule has 2 aromatic heterocycles. The molecule has 198 valence electrons. The van der Waals surface area contributed by atoms with Gasteiger partial charge in [0.2, 0.25) is 5.95 Å². The Kier molecular flexibility index (Phi) is 8.97. The number of anilines is 4. The summed E-state index contributed by atoms with van der Waals surface area (Å²) in [6, 6.07) is 13.5. The van der Waals surface area contributed by atoms with E-state index in [4.69, 9.17) is 11.6 Å². The Hall–Kier alpha value is -3.91. The number of unbranched alkanes of at least 4 members (excludes halogenated alkanes) is 1. The van der Waals surface area contributed by atoms with Crippen molar-refractivity contribution in [3.8, 4) is 11.1 Å². The van der Waals surface area contributed by atoms with Gasteiger partial charge in [-0.25, -0.2) is 9.37 Å². The fourth-order valence-corrected chi connectivity index (χ4v) is 4.32. The Bertz CT molecular complexity index is 1410. The van der Waals surface area contributed by atoms with Crippen molar-refractivity contribution in [3.63, 3.8) is 0 Å². The first-order valence-electron chi connectivity index (χ1n) is 12.8. The molecule has 0 aliphatic heterocycles. The van der Waals surface area contributed by atoms with Gasteiger partial charge in [0.05, 0.1) is 11.9 Å². The highest BCUT2D eigenvalue weighted by atomic mass is 35.5. The highest BCUT2D eigenvalue weighted by Crippen LogP contribution is 2.32. The van der Waals surface area contributed by atoms with E-state index < -0.39 is 5.82 Å². The minimum atomic E-state index is -0.390. The topological polar surface area (TPSA) is 90.6 Å². The second kappa shape index (κ2) is 12.6. The molecule has 9 heteroatoms. The number of benzene rings is 2. The van der Waals surface area contributed by atoms with Gasteiger partial charge in [-0.05, 0) is 54.2 Å². The quantitative estimate of drug-likeness (QED) is 0.157. The molecule has 0 spiro atoms. The highest BCUT2D eigenvalue weighted by Gasteiger charge is 2.14. The lowest BCUT2D eigenvalue weighted by Crippen LogP contribution is -2.05. The standard InChI is InChI=1S/C29H33ClFN7/c1-5-7-9-25(32-4)20-12-10-19(11-13-20)22-16-24(31)26(15-21(22)8-6-2)34-29-33-17-23(30)28(36-29)35-27-14-18(3)37-38-27/h9-17,32H,5-8H2,1-4H3,(H3,33,34,35,36,37,38)/b25-9+. The molecule has 7 nitrogen and oxygen atoms in total. The predicted molar refractivity (Wildman–Crippen MR) is 155 cm³/mol. The van der Waals surface area contributed by atoms with Crippen molar-refractivity contribution in [2.45, 2.75) is 46.5 Å². The van der Waals surface area contributed by atoms with E-state index in [1.807, 2.05) is 38.2 Å². The predicted octanol–water partition coefficient (Wildman–Crippen LogP) is 7.77. The van der Waals surface area contributed by atoms with E-state index >= 15 is 4.39 Å². The van der Waals surface area contributed by atoms with Crippen LogP contribution in [-0.4, -0.2) is 27.2 Å². The summed E-state index contributed by atoms with van der Waals surface area (Å²) in [7, 11) is 1.93. The van der Waals surface area contributed by atoms with Gasteiger partial charge in [0.1, 0.15) is 10.8 Å². The lowest BCUT2D eigenvalue weighted by molar-refractivity contribution is 0.631. The van der Waals surface area contributed by atoms with Crippen molar-refractivity contribution >= 4 is 40.6 Å². The Morgan fingerprint density at radius 1 is 1.08 bits per heavy atom. The second-order valence-electron chi connectivity index (χ2n) is 9.05. The Morgan fingerprint density at radius 2 is 1.87 bits per heavy atom. The first kappa shape index (κ1) is 27.1. The Balaban J connectivity index is 1.61.